The van der Waals surface area contributed by atoms with Crippen LogP contribution in [0.1, 0.15) is 32.6 Å². The summed E-state index contributed by atoms with van der Waals surface area (Å²) >= 11 is 0. The van der Waals surface area contributed by atoms with E-state index in [1.54, 1.807) is 24.3 Å². The van der Waals surface area contributed by atoms with E-state index in [0.717, 1.165) is 25.7 Å². The predicted molar refractivity (Wildman–Crippen MR) is 61.5 cm³/mol. The van der Waals surface area contributed by atoms with Crippen LogP contribution in [0.25, 0.3) is 0 Å². The number of unbranched alkanes of at least 4 members (excludes halogenated alkanes) is 3. The summed E-state index contributed by atoms with van der Waals surface area (Å²) in [5, 5.41) is 0. The zero-order valence-electron chi connectivity index (χ0n) is 9.07. The molecule has 2 nitrogen and oxygen atoms in total. The van der Waals surface area contributed by atoms with Crippen LogP contribution in [0.3, 0.4) is 0 Å². The van der Waals surface area contributed by atoms with Gasteiger partial charge in [-0.3, -0.25) is 0 Å². The summed E-state index contributed by atoms with van der Waals surface area (Å²) in [6, 6.07) is 9.31. The molecule has 0 amide bonds. The maximum atomic E-state index is 11.8. The van der Waals surface area contributed by atoms with Crippen molar-refractivity contribution < 1.29 is 8.42 Å². The summed E-state index contributed by atoms with van der Waals surface area (Å²) in [6.07, 6.45) is 3.99. The van der Waals surface area contributed by atoms with E-state index in [-0.39, 0.29) is 5.75 Å². The van der Waals surface area contributed by atoms with Crippen LogP contribution in [-0.2, 0) is 9.84 Å². The van der Waals surface area contributed by atoms with Crippen LogP contribution < -0.4 is 0 Å². The van der Waals surface area contributed by atoms with E-state index in [1.165, 1.54) is 0 Å². The Morgan fingerprint density at radius 1 is 1.13 bits per heavy atom. The largest absolute Gasteiger partial charge is 0.224 e. The number of benzene rings is 1. The first-order valence-electron chi connectivity index (χ1n) is 5.35. The Morgan fingerprint density at radius 2 is 1.80 bits per heavy atom. The van der Waals surface area contributed by atoms with Crippen LogP contribution in [0.2, 0.25) is 0 Å². The summed E-state index contributed by atoms with van der Waals surface area (Å²) in [4.78, 5) is 0.415. The number of sulfone groups is 1. The third kappa shape index (κ3) is 4.04. The van der Waals surface area contributed by atoms with Gasteiger partial charge < -0.3 is 0 Å². The van der Waals surface area contributed by atoms with Crippen LogP contribution >= 0.6 is 0 Å². The first-order valence-corrected chi connectivity index (χ1v) is 7.01. The molecule has 0 fully saturated rings. The van der Waals surface area contributed by atoms with Crippen LogP contribution in [-0.4, -0.2) is 14.2 Å². The zero-order chi connectivity index (χ0) is 11.1. The summed E-state index contributed by atoms with van der Waals surface area (Å²) < 4.78 is 23.6. The fourth-order valence-corrected chi connectivity index (χ4v) is 2.79. The molecule has 0 aliphatic rings. The highest BCUT2D eigenvalue weighted by Crippen LogP contribution is 2.12. The van der Waals surface area contributed by atoms with Crippen molar-refractivity contribution in [2.75, 3.05) is 5.75 Å². The molecule has 15 heavy (non-hydrogen) atoms. The Hall–Kier alpha value is -0.830. The molecule has 1 radical (unpaired) electrons. The van der Waals surface area contributed by atoms with Crippen molar-refractivity contribution >= 4 is 9.84 Å². The summed E-state index contributed by atoms with van der Waals surface area (Å²) in [5.41, 5.74) is 0. The van der Waals surface area contributed by atoms with Gasteiger partial charge in [0.15, 0.2) is 9.84 Å². The summed E-state index contributed by atoms with van der Waals surface area (Å²) in [7, 11) is -3.06. The Bertz CT molecular complexity index is 368. The number of rotatable bonds is 6. The number of hydrogen-bond donors (Lipinski definition) is 0. The second-order valence-corrected chi connectivity index (χ2v) is 5.72. The quantitative estimate of drug-likeness (QED) is 0.698. The van der Waals surface area contributed by atoms with E-state index in [9.17, 15) is 8.42 Å². The lowest BCUT2D eigenvalue weighted by Gasteiger charge is -2.03. The van der Waals surface area contributed by atoms with Crippen molar-refractivity contribution in [1.82, 2.24) is 0 Å². The van der Waals surface area contributed by atoms with E-state index in [2.05, 4.69) is 13.0 Å². The van der Waals surface area contributed by atoms with Crippen LogP contribution in [0.4, 0.5) is 0 Å². The van der Waals surface area contributed by atoms with Gasteiger partial charge in [-0.1, -0.05) is 38.3 Å². The van der Waals surface area contributed by atoms with Crippen LogP contribution in [0.15, 0.2) is 29.2 Å². The number of hydrogen-bond acceptors (Lipinski definition) is 2. The molecule has 83 valence electrons. The molecular formula is C12H17O2S. The van der Waals surface area contributed by atoms with Gasteiger partial charge in [0.05, 0.1) is 10.6 Å². The van der Waals surface area contributed by atoms with Crippen molar-refractivity contribution in [2.24, 2.45) is 0 Å². The predicted octanol–water partition coefficient (Wildman–Crippen LogP) is 2.84. The molecule has 1 aromatic rings. The van der Waals surface area contributed by atoms with Crippen molar-refractivity contribution in [1.29, 1.82) is 0 Å². The van der Waals surface area contributed by atoms with E-state index in [1.807, 2.05) is 0 Å². The SMILES string of the molecule is CCCCCCS(=O)(=O)c1cc[c]cc1. The highest BCUT2D eigenvalue weighted by atomic mass is 32.2. The van der Waals surface area contributed by atoms with Gasteiger partial charge in [0.25, 0.3) is 0 Å². The third-order valence-corrected chi connectivity index (χ3v) is 4.13. The smallest absolute Gasteiger partial charge is 0.178 e. The van der Waals surface area contributed by atoms with Gasteiger partial charge in [-0.05, 0) is 24.6 Å². The van der Waals surface area contributed by atoms with Crippen LogP contribution in [0, 0.1) is 6.07 Å². The first-order chi connectivity index (χ1) is 7.17. The molecule has 0 aliphatic heterocycles. The minimum atomic E-state index is -3.06. The Balaban J connectivity index is 2.53. The second kappa shape index (κ2) is 5.91. The molecule has 0 saturated heterocycles. The second-order valence-electron chi connectivity index (χ2n) is 3.62. The van der Waals surface area contributed by atoms with E-state index in [0.29, 0.717) is 4.90 Å². The Kier molecular flexibility index (Phi) is 4.82. The van der Waals surface area contributed by atoms with E-state index >= 15 is 0 Å². The van der Waals surface area contributed by atoms with Crippen molar-refractivity contribution in [3.8, 4) is 0 Å². The zero-order valence-corrected chi connectivity index (χ0v) is 9.89. The molecular weight excluding hydrogens is 208 g/mol. The lowest BCUT2D eigenvalue weighted by Crippen LogP contribution is -2.06. The highest BCUT2D eigenvalue weighted by molar-refractivity contribution is 7.91. The van der Waals surface area contributed by atoms with Crippen molar-refractivity contribution in [3.63, 3.8) is 0 Å². The average Bonchev–Trinajstić information content (AvgIpc) is 2.26. The molecule has 0 aliphatic carbocycles. The lowest BCUT2D eigenvalue weighted by atomic mass is 10.2. The van der Waals surface area contributed by atoms with Gasteiger partial charge in [0, 0.05) is 0 Å². The topological polar surface area (TPSA) is 34.1 Å². The first kappa shape index (κ1) is 12.2. The molecule has 0 aromatic heterocycles. The molecule has 0 spiro atoms. The molecule has 1 rings (SSSR count). The molecule has 1 aromatic carbocycles. The van der Waals surface area contributed by atoms with Gasteiger partial charge in [-0.25, -0.2) is 8.42 Å². The minimum absolute atomic E-state index is 0.261. The maximum absolute atomic E-state index is 11.8. The fourth-order valence-electron chi connectivity index (χ4n) is 1.42. The summed E-state index contributed by atoms with van der Waals surface area (Å²) in [5.74, 6) is 0.261. The third-order valence-electron chi connectivity index (χ3n) is 2.31. The highest BCUT2D eigenvalue weighted by Gasteiger charge is 2.12. The monoisotopic (exact) mass is 225 g/mol. The van der Waals surface area contributed by atoms with Gasteiger partial charge in [0.1, 0.15) is 0 Å². The minimum Gasteiger partial charge on any atom is -0.224 e. The fraction of sp³-hybridized carbons (Fsp3) is 0.500. The normalized spacial score (nSPS) is 11.5. The molecule has 0 N–H and O–H groups in total. The average molecular weight is 225 g/mol. The van der Waals surface area contributed by atoms with Gasteiger partial charge in [0.2, 0.25) is 0 Å². The van der Waals surface area contributed by atoms with Crippen LogP contribution in [0.5, 0.6) is 0 Å². The maximum Gasteiger partial charge on any atom is 0.178 e. The standard InChI is InChI=1S/C12H17O2S/c1-2-3-4-8-11-15(13,14)12-9-6-5-7-10-12/h6-7,9-10H,2-4,8,11H2,1H3. The van der Waals surface area contributed by atoms with Gasteiger partial charge in [-0.15, -0.1) is 0 Å². The molecule has 0 saturated carbocycles. The Morgan fingerprint density at radius 3 is 2.40 bits per heavy atom. The van der Waals surface area contributed by atoms with Gasteiger partial charge in [-0.2, -0.15) is 0 Å². The van der Waals surface area contributed by atoms with E-state index in [4.69, 9.17) is 0 Å². The van der Waals surface area contributed by atoms with E-state index < -0.39 is 9.84 Å². The van der Waals surface area contributed by atoms with Gasteiger partial charge >= 0.3 is 0 Å². The molecule has 0 heterocycles. The molecule has 3 heteroatoms. The summed E-state index contributed by atoms with van der Waals surface area (Å²) in [6.45, 7) is 2.11. The van der Waals surface area contributed by atoms with Crippen molar-refractivity contribution in [3.05, 3.63) is 30.3 Å². The van der Waals surface area contributed by atoms with Crippen molar-refractivity contribution in [2.45, 2.75) is 37.5 Å². The molecule has 0 atom stereocenters. The molecule has 0 bridgehead atoms. The lowest BCUT2D eigenvalue weighted by molar-refractivity contribution is 0.589. The molecule has 0 unspecified atom stereocenters. The Labute approximate surface area is 92.2 Å².